The molecule has 0 aliphatic heterocycles. The SMILES string of the molecule is NNC(CSC1CCCCC1)Cc1cccs1. The van der Waals surface area contributed by atoms with Crippen molar-refractivity contribution in [3.63, 3.8) is 0 Å². The highest BCUT2D eigenvalue weighted by Gasteiger charge is 2.16. The lowest BCUT2D eigenvalue weighted by Crippen LogP contribution is -2.39. The van der Waals surface area contributed by atoms with E-state index in [9.17, 15) is 0 Å². The lowest BCUT2D eigenvalue weighted by Gasteiger charge is -2.23. The van der Waals surface area contributed by atoms with E-state index in [1.807, 2.05) is 11.3 Å². The molecule has 1 aromatic rings. The summed E-state index contributed by atoms with van der Waals surface area (Å²) in [5, 5.41) is 3.01. The first-order valence-electron chi connectivity index (χ1n) is 6.48. The van der Waals surface area contributed by atoms with E-state index in [4.69, 9.17) is 5.84 Å². The minimum atomic E-state index is 0.417. The molecule has 0 radical (unpaired) electrons. The molecule has 0 bridgehead atoms. The molecule has 2 rings (SSSR count). The van der Waals surface area contributed by atoms with Gasteiger partial charge in [-0.15, -0.1) is 11.3 Å². The van der Waals surface area contributed by atoms with Crippen LogP contribution in [0.2, 0.25) is 0 Å². The molecule has 1 heterocycles. The lowest BCUT2D eigenvalue weighted by atomic mass is 10.0. The second-order valence-corrected chi connectivity index (χ2v) is 7.11. The van der Waals surface area contributed by atoms with E-state index in [1.165, 1.54) is 37.0 Å². The molecule has 1 atom stereocenters. The molecule has 96 valence electrons. The Morgan fingerprint density at radius 3 is 2.88 bits per heavy atom. The summed E-state index contributed by atoms with van der Waals surface area (Å²) in [6.07, 6.45) is 8.15. The molecule has 1 aromatic heterocycles. The van der Waals surface area contributed by atoms with Gasteiger partial charge >= 0.3 is 0 Å². The van der Waals surface area contributed by atoms with E-state index in [1.54, 1.807) is 0 Å². The van der Waals surface area contributed by atoms with Gasteiger partial charge in [0.2, 0.25) is 0 Å². The standard InChI is InChI=1S/C13H22N2S2/c14-15-11(9-13-7-4-8-16-13)10-17-12-5-2-1-3-6-12/h4,7-8,11-12,15H,1-3,5-6,9-10,14H2. The number of rotatable bonds is 6. The Kier molecular flexibility index (Phi) is 5.85. The van der Waals surface area contributed by atoms with Crippen molar-refractivity contribution in [3.8, 4) is 0 Å². The van der Waals surface area contributed by atoms with Gasteiger partial charge in [-0.2, -0.15) is 11.8 Å². The van der Waals surface area contributed by atoms with Gasteiger partial charge in [-0.25, -0.2) is 0 Å². The molecule has 4 heteroatoms. The molecule has 2 nitrogen and oxygen atoms in total. The summed E-state index contributed by atoms with van der Waals surface area (Å²) in [6.45, 7) is 0. The highest BCUT2D eigenvalue weighted by atomic mass is 32.2. The molecule has 1 fully saturated rings. The Balaban J connectivity index is 1.71. The van der Waals surface area contributed by atoms with Gasteiger partial charge in [-0.05, 0) is 30.7 Å². The Morgan fingerprint density at radius 1 is 1.41 bits per heavy atom. The van der Waals surface area contributed by atoms with Crippen molar-refractivity contribution in [2.24, 2.45) is 5.84 Å². The summed E-state index contributed by atoms with van der Waals surface area (Å²) in [5.41, 5.74) is 2.97. The summed E-state index contributed by atoms with van der Waals surface area (Å²) in [7, 11) is 0. The maximum Gasteiger partial charge on any atom is 0.0349 e. The molecule has 0 aromatic carbocycles. The van der Waals surface area contributed by atoms with Crippen molar-refractivity contribution in [3.05, 3.63) is 22.4 Å². The van der Waals surface area contributed by atoms with Crippen LogP contribution in [0.25, 0.3) is 0 Å². The normalized spacial score (nSPS) is 19.4. The van der Waals surface area contributed by atoms with E-state index in [-0.39, 0.29) is 0 Å². The average molecular weight is 270 g/mol. The van der Waals surface area contributed by atoms with Gasteiger partial charge in [-0.1, -0.05) is 25.3 Å². The van der Waals surface area contributed by atoms with Crippen LogP contribution in [0.4, 0.5) is 0 Å². The van der Waals surface area contributed by atoms with Crippen molar-refractivity contribution >= 4 is 23.1 Å². The summed E-state index contributed by atoms with van der Waals surface area (Å²) in [4.78, 5) is 1.43. The number of thiophene rings is 1. The quantitative estimate of drug-likeness (QED) is 0.616. The fourth-order valence-electron chi connectivity index (χ4n) is 2.32. The maximum absolute atomic E-state index is 5.65. The predicted molar refractivity (Wildman–Crippen MR) is 78.5 cm³/mol. The average Bonchev–Trinajstić information content (AvgIpc) is 2.88. The monoisotopic (exact) mass is 270 g/mol. The van der Waals surface area contributed by atoms with Crippen LogP contribution >= 0.6 is 23.1 Å². The van der Waals surface area contributed by atoms with Crippen LogP contribution in [0.5, 0.6) is 0 Å². The molecule has 0 saturated heterocycles. The molecule has 3 N–H and O–H groups in total. The zero-order valence-corrected chi connectivity index (χ0v) is 11.9. The van der Waals surface area contributed by atoms with Crippen molar-refractivity contribution in [1.29, 1.82) is 0 Å². The third-order valence-corrected chi connectivity index (χ3v) is 5.79. The van der Waals surface area contributed by atoms with Gasteiger partial charge < -0.3 is 0 Å². The van der Waals surface area contributed by atoms with Crippen LogP contribution in [-0.4, -0.2) is 17.0 Å². The molecule has 0 amide bonds. The minimum Gasteiger partial charge on any atom is -0.271 e. The molecule has 1 saturated carbocycles. The van der Waals surface area contributed by atoms with Crippen LogP contribution in [0.1, 0.15) is 37.0 Å². The van der Waals surface area contributed by atoms with E-state index in [2.05, 4.69) is 34.7 Å². The minimum absolute atomic E-state index is 0.417. The fraction of sp³-hybridized carbons (Fsp3) is 0.692. The first-order valence-corrected chi connectivity index (χ1v) is 8.41. The second kappa shape index (κ2) is 7.41. The van der Waals surface area contributed by atoms with E-state index < -0.39 is 0 Å². The van der Waals surface area contributed by atoms with Gasteiger partial charge in [0.1, 0.15) is 0 Å². The third kappa shape index (κ3) is 4.62. The van der Waals surface area contributed by atoms with Crippen LogP contribution in [0.15, 0.2) is 17.5 Å². The molecule has 1 aliphatic rings. The molecule has 1 aliphatic carbocycles. The molecule has 17 heavy (non-hydrogen) atoms. The van der Waals surface area contributed by atoms with Gasteiger partial charge in [0.15, 0.2) is 0 Å². The second-order valence-electron chi connectivity index (χ2n) is 4.74. The van der Waals surface area contributed by atoms with Crippen LogP contribution in [-0.2, 0) is 6.42 Å². The third-order valence-electron chi connectivity index (χ3n) is 3.35. The van der Waals surface area contributed by atoms with Crippen molar-refractivity contribution in [2.45, 2.75) is 49.8 Å². The highest BCUT2D eigenvalue weighted by molar-refractivity contribution is 7.99. The molecular formula is C13H22N2S2. The smallest absolute Gasteiger partial charge is 0.0349 e. The Labute approximate surface area is 112 Å². The van der Waals surface area contributed by atoms with Crippen LogP contribution in [0.3, 0.4) is 0 Å². The van der Waals surface area contributed by atoms with Crippen molar-refractivity contribution in [2.75, 3.05) is 5.75 Å². The van der Waals surface area contributed by atoms with Gasteiger partial charge in [-0.3, -0.25) is 11.3 Å². The van der Waals surface area contributed by atoms with Gasteiger partial charge in [0.05, 0.1) is 0 Å². The summed E-state index contributed by atoms with van der Waals surface area (Å²) < 4.78 is 0. The van der Waals surface area contributed by atoms with Crippen molar-refractivity contribution in [1.82, 2.24) is 5.43 Å². The zero-order chi connectivity index (χ0) is 11.9. The van der Waals surface area contributed by atoms with Gasteiger partial charge in [0.25, 0.3) is 0 Å². The topological polar surface area (TPSA) is 38.0 Å². The van der Waals surface area contributed by atoms with E-state index in [0.717, 1.165) is 17.4 Å². The molecule has 0 spiro atoms. The molecular weight excluding hydrogens is 248 g/mol. The first-order chi connectivity index (χ1) is 8.38. The predicted octanol–water partition coefficient (Wildman–Crippen LogP) is 3.19. The number of thioether (sulfide) groups is 1. The van der Waals surface area contributed by atoms with Gasteiger partial charge in [0, 0.05) is 21.9 Å². The summed E-state index contributed by atoms with van der Waals surface area (Å²) >= 11 is 3.94. The summed E-state index contributed by atoms with van der Waals surface area (Å²) in [6, 6.07) is 4.72. The van der Waals surface area contributed by atoms with Crippen LogP contribution in [0, 0.1) is 0 Å². The zero-order valence-electron chi connectivity index (χ0n) is 10.2. The maximum atomic E-state index is 5.65. The first kappa shape index (κ1) is 13.4. The lowest BCUT2D eigenvalue weighted by molar-refractivity contribution is 0.513. The summed E-state index contributed by atoms with van der Waals surface area (Å²) in [5.74, 6) is 6.78. The fourth-order valence-corrected chi connectivity index (χ4v) is 4.49. The van der Waals surface area contributed by atoms with E-state index in [0.29, 0.717) is 6.04 Å². The van der Waals surface area contributed by atoms with Crippen LogP contribution < -0.4 is 11.3 Å². The number of nitrogens with one attached hydrogen (secondary N) is 1. The Morgan fingerprint density at radius 2 is 2.24 bits per heavy atom. The number of hydrogen-bond donors (Lipinski definition) is 2. The number of hydrogen-bond acceptors (Lipinski definition) is 4. The number of nitrogens with two attached hydrogens (primary N) is 1. The highest BCUT2D eigenvalue weighted by Crippen LogP contribution is 2.28. The van der Waals surface area contributed by atoms with E-state index >= 15 is 0 Å². The Bertz CT molecular complexity index is 294. The largest absolute Gasteiger partial charge is 0.271 e. The van der Waals surface area contributed by atoms with Crippen molar-refractivity contribution < 1.29 is 0 Å². The number of hydrazine groups is 1. The Hall–Kier alpha value is -0.0300. The molecule has 1 unspecified atom stereocenters.